The highest BCUT2D eigenvalue weighted by Crippen LogP contribution is 2.27. The first-order valence-electron chi connectivity index (χ1n) is 8.61. The molecule has 0 bridgehead atoms. The summed E-state index contributed by atoms with van der Waals surface area (Å²) in [5.41, 5.74) is -0.0658. The van der Waals surface area contributed by atoms with Crippen molar-refractivity contribution in [2.24, 2.45) is 0 Å². The summed E-state index contributed by atoms with van der Waals surface area (Å²) in [7, 11) is 1.32. The predicted molar refractivity (Wildman–Crippen MR) is 104 cm³/mol. The van der Waals surface area contributed by atoms with Crippen LogP contribution in [0, 0.1) is 11.6 Å². The molecule has 0 aliphatic carbocycles. The van der Waals surface area contributed by atoms with Gasteiger partial charge in [0.05, 0.1) is 7.11 Å². The van der Waals surface area contributed by atoms with Crippen LogP contribution in [0.25, 0.3) is 0 Å². The second-order valence-corrected chi connectivity index (χ2v) is 8.47. The highest BCUT2D eigenvalue weighted by atomic mass is 32.2. The first kappa shape index (κ1) is 23.2. The molecule has 2 rings (SSSR count). The zero-order valence-corrected chi connectivity index (χ0v) is 17.5. The molecule has 0 heterocycles. The fourth-order valence-corrected chi connectivity index (χ4v) is 3.64. The van der Waals surface area contributed by atoms with Crippen LogP contribution in [0.3, 0.4) is 0 Å². The molecule has 30 heavy (non-hydrogen) atoms. The van der Waals surface area contributed by atoms with E-state index in [0.29, 0.717) is 0 Å². The molecule has 0 fully saturated rings. The maximum absolute atomic E-state index is 13.6. The number of sulfonamides is 1. The average molecular weight is 441 g/mol. The lowest BCUT2D eigenvalue weighted by Gasteiger charge is -2.19. The van der Waals surface area contributed by atoms with E-state index in [1.54, 1.807) is 0 Å². The van der Waals surface area contributed by atoms with Gasteiger partial charge >= 0.3 is 0 Å². The molecule has 0 saturated heterocycles. The average Bonchev–Trinajstić information content (AvgIpc) is 2.72. The third kappa shape index (κ3) is 4.74. The largest absolute Gasteiger partial charge is 0.495 e. The Morgan fingerprint density at radius 3 is 2.27 bits per heavy atom. The first-order chi connectivity index (χ1) is 14.0. The van der Waals surface area contributed by atoms with Gasteiger partial charge in [0, 0.05) is 26.7 Å². The number of likely N-dealkylation sites (N-methyl/N-ethyl adjacent to an activating group) is 1. The highest BCUT2D eigenvalue weighted by molar-refractivity contribution is 7.89. The Balaban J connectivity index is 2.45. The van der Waals surface area contributed by atoms with E-state index in [0.717, 1.165) is 28.6 Å². The van der Waals surface area contributed by atoms with Crippen molar-refractivity contribution < 1.29 is 31.5 Å². The van der Waals surface area contributed by atoms with Gasteiger partial charge in [0.1, 0.15) is 16.7 Å². The van der Waals surface area contributed by atoms with Gasteiger partial charge in [0.15, 0.2) is 11.6 Å². The minimum absolute atomic E-state index is 0.0104. The van der Waals surface area contributed by atoms with Crippen molar-refractivity contribution in [3.63, 3.8) is 0 Å². The number of halogens is 2. The maximum atomic E-state index is 13.6. The second kappa shape index (κ2) is 9.18. The number of amides is 2. The van der Waals surface area contributed by atoms with Crippen molar-refractivity contribution in [1.82, 2.24) is 14.9 Å². The van der Waals surface area contributed by atoms with Crippen molar-refractivity contribution in [2.45, 2.75) is 10.9 Å². The van der Waals surface area contributed by atoms with Crippen LogP contribution in [0.2, 0.25) is 0 Å². The lowest BCUT2D eigenvalue weighted by Crippen LogP contribution is -2.39. The number of benzene rings is 2. The van der Waals surface area contributed by atoms with Crippen LogP contribution < -0.4 is 15.4 Å². The molecular formula is C19H21F2N3O5S. The number of nitrogens with zero attached hydrogens (tertiary/aromatic N) is 1. The first-order valence-corrected chi connectivity index (χ1v) is 10.0. The molecule has 1 unspecified atom stereocenters. The van der Waals surface area contributed by atoms with Gasteiger partial charge in [-0.15, -0.1) is 0 Å². The van der Waals surface area contributed by atoms with Crippen molar-refractivity contribution >= 4 is 21.8 Å². The van der Waals surface area contributed by atoms with Crippen molar-refractivity contribution in [3.05, 3.63) is 59.2 Å². The summed E-state index contributed by atoms with van der Waals surface area (Å²) >= 11 is 0. The predicted octanol–water partition coefficient (Wildman–Crippen LogP) is 1.44. The van der Waals surface area contributed by atoms with Gasteiger partial charge in [-0.05, 0) is 35.9 Å². The number of nitrogens with one attached hydrogen (secondary N) is 2. The quantitative estimate of drug-likeness (QED) is 0.677. The van der Waals surface area contributed by atoms with Crippen LogP contribution in [0.4, 0.5) is 8.78 Å². The van der Waals surface area contributed by atoms with E-state index >= 15 is 0 Å². The van der Waals surface area contributed by atoms with E-state index in [2.05, 4.69) is 10.6 Å². The molecule has 8 nitrogen and oxygen atoms in total. The summed E-state index contributed by atoms with van der Waals surface area (Å²) < 4.78 is 57.9. The van der Waals surface area contributed by atoms with E-state index in [-0.39, 0.29) is 21.8 Å². The Labute approximate surface area is 172 Å². The number of hydrogen-bond acceptors (Lipinski definition) is 5. The zero-order chi connectivity index (χ0) is 22.6. The molecule has 0 aliphatic heterocycles. The van der Waals surface area contributed by atoms with Crippen molar-refractivity contribution in [1.29, 1.82) is 0 Å². The van der Waals surface area contributed by atoms with Gasteiger partial charge in [-0.3, -0.25) is 9.59 Å². The third-order valence-electron chi connectivity index (χ3n) is 4.25. The lowest BCUT2D eigenvalue weighted by molar-refractivity contribution is -0.122. The van der Waals surface area contributed by atoms with E-state index in [1.807, 2.05) is 0 Å². The van der Waals surface area contributed by atoms with Gasteiger partial charge < -0.3 is 15.4 Å². The van der Waals surface area contributed by atoms with Crippen LogP contribution in [0.5, 0.6) is 5.75 Å². The Bertz CT molecular complexity index is 1070. The standard InChI is InChI=1S/C19H21F2N3O5S/c1-22-19(26)17(11-5-7-13(20)14(21)9-11)23-18(25)12-6-8-15(29-4)16(10-12)30(27,28)24(2)3/h5-10,17H,1-4H3,(H,22,26)(H,23,25). The summed E-state index contributed by atoms with van der Waals surface area (Å²) in [5.74, 6) is -3.73. The van der Waals surface area contributed by atoms with E-state index < -0.39 is 39.5 Å². The fourth-order valence-electron chi connectivity index (χ4n) is 2.57. The topological polar surface area (TPSA) is 105 Å². The van der Waals surface area contributed by atoms with Crippen molar-refractivity contribution in [3.8, 4) is 5.75 Å². The normalized spacial score (nSPS) is 12.4. The monoisotopic (exact) mass is 441 g/mol. The summed E-state index contributed by atoms with van der Waals surface area (Å²) in [4.78, 5) is 24.7. The molecular weight excluding hydrogens is 420 g/mol. The number of carbonyl (C=O) groups is 2. The molecule has 2 amide bonds. The number of rotatable bonds is 7. The number of methoxy groups -OCH3 is 1. The summed E-state index contributed by atoms with van der Waals surface area (Å²) in [6.07, 6.45) is 0. The second-order valence-electron chi connectivity index (χ2n) is 6.35. The number of hydrogen-bond donors (Lipinski definition) is 2. The van der Waals surface area contributed by atoms with Crippen molar-refractivity contribution in [2.75, 3.05) is 28.3 Å². The zero-order valence-electron chi connectivity index (χ0n) is 16.7. The van der Waals surface area contributed by atoms with E-state index in [4.69, 9.17) is 4.74 Å². The molecule has 0 aliphatic rings. The molecule has 0 aromatic heterocycles. The molecule has 0 spiro atoms. The van der Waals surface area contributed by atoms with Crippen LogP contribution in [0.1, 0.15) is 22.0 Å². The van der Waals surface area contributed by atoms with Crippen LogP contribution in [-0.4, -0.2) is 52.8 Å². The summed E-state index contributed by atoms with van der Waals surface area (Å²) in [6, 6.07) is 5.18. The Kier molecular flexibility index (Phi) is 7.11. The van der Waals surface area contributed by atoms with Crippen LogP contribution >= 0.6 is 0 Å². The minimum atomic E-state index is -3.93. The van der Waals surface area contributed by atoms with Gasteiger partial charge in [0.25, 0.3) is 5.91 Å². The third-order valence-corrected chi connectivity index (χ3v) is 6.08. The number of ether oxygens (including phenoxy) is 1. The molecule has 2 aromatic rings. The summed E-state index contributed by atoms with van der Waals surface area (Å²) in [6.45, 7) is 0. The van der Waals surface area contributed by atoms with Gasteiger partial charge in [-0.1, -0.05) is 6.07 Å². The minimum Gasteiger partial charge on any atom is -0.495 e. The Morgan fingerprint density at radius 2 is 1.73 bits per heavy atom. The Hall–Kier alpha value is -3.05. The van der Waals surface area contributed by atoms with Gasteiger partial charge in [-0.25, -0.2) is 21.5 Å². The lowest BCUT2D eigenvalue weighted by atomic mass is 10.0. The van der Waals surface area contributed by atoms with Crippen LogP contribution in [0.15, 0.2) is 41.3 Å². The summed E-state index contributed by atoms with van der Waals surface area (Å²) in [5, 5.41) is 4.73. The molecule has 2 N–H and O–H groups in total. The number of carbonyl (C=O) groups excluding carboxylic acids is 2. The van der Waals surface area contributed by atoms with Crippen LogP contribution in [-0.2, 0) is 14.8 Å². The fraction of sp³-hybridized carbons (Fsp3) is 0.263. The highest BCUT2D eigenvalue weighted by Gasteiger charge is 2.27. The molecule has 1 atom stereocenters. The van der Waals surface area contributed by atoms with E-state index in [1.165, 1.54) is 40.4 Å². The van der Waals surface area contributed by atoms with E-state index in [9.17, 15) is 26.8 Å². The SMILES string of the molecule is CNC(=O)C(NC(=O)c1ccc(OC)c(S(=O)(=O)N(C)C)c1)c1ccc(F)c(F)c1. The molecule has 0 radical (unpaired) electrons. The molecule has 162 valence electrons. The van der Waals surface area contributed by atoms with Gasteiger partial charge in [-0.2, -0.15) is 0 Å². The maximum Gasteiger partial charge on any atom is 0.252 e. The molecule has 0 saturated carbocycles. The molecule has 11 heteroatoms. The van der Waals surface area contributed by atoms with Gasteiger partial charge in [0.2, 0.25) is 15.9 Å². The Morgan fingerprint density at radius 1 is 1.07 bits per heavy atom. The smallest absolute Gasteiger partial charge is 0.252 e. The molecule has 2 aromatic carbocycles.